The van der Waals surface area contributed by atoms with Crippen LogP contribution >= 0.6 is 0 Å². The highest BCUT2D eigenvalue weighted by Gasteiger charge is 2.50. The molecule has 8 nitrogen and oxygen atoms in total. The number of carbonyl (C=O) groups is 2. The molecule has 0 amide bonds. The summed E-state index contributed by atoms with van der Waals surface area (Å²) in [6.45, 7) is 7.64. The maximum absolute atomic E-state index is 12.2. The van der Waals surface area contributed by atoms with Crippen molar-refractivity contribution in [2.75, 3.05) is 0 Å². The number of ether oxygens (including phenoxy) is 2. The number of unbranched alkanes of at least 4 members (excludes halogenated alkanes) is 1. The summed E-state index contributed by atoms with van der Waals surface area (Å²) >= 11 is 0. The zero-order valence-electron chi connectivity index (χ0n) is 17.2. The summed E-state index contributed by atoms with van der Waals surface area (Å²) in [5.74, 6) is -3.47. The van der Waals surface area contributed by atoms with Crippen molar-refractivity contribution in [1.29, 1.82) is 0 Å². The van der Waals surface area contributed by atoms with Gasteiger partial charge in [0.2, 0.25) is 0 Å². The topological polar surface area (TPSA) is 134 Å². The minimum Gasteiger partial charge on any atom is -0.458 e. The Morgan fingerprint density at radius 2 is 1.89 bits per heavy atom. The number of hydrogen-bond donors (Lipinski definition) is 4. The van der Waals surface area contributed by atoms with Crippen molar-refractivity contribution >= 4 is 11.9 Å². The van der Waals surface area contributed by atoms with Gasteiger partial charge in [-0.3, -0.25) is 4.79 Å². The first kappa shape index (κ1) is 24.6. The highest BCUT2D eigenvalue weighted by molar-refractivity contribution is 5.82. The third kappa shape index (κ3) is 6.01. The quantitative estimate of drug-likeness (QED) is 0.377. The zero-order valence-corrected chi connectivity index (χ0v) is 17.2. The molecule has 0 spiro atoms. The number of hydrogen-bond acceptors (Lipinski definition) is 8. The van der Waals surface area contributed by atoms with Crippen LogP contribution in [0.2, 0.25) is 0 Å². The molecule has 4 N–H and O–H groups in total. The van der Waals surface area contributed by atoms with E-state index in [-0.39, 0.29) is 0 Å². The van der Waals surface area contributed by atoms with Gasteiger partial charge in [0.25, 0.3) is 0 Å². The van der Waals surface area contributed by atoms with E-state index in [0.717, 1.165) is 18.9 Å². The lowest BCUT2D eigenvalue weighted by molar-refractivity contribution is -0.180. The van der Waals surface area contributed by atoms with Crippen molar-refractivity contribution in [3.05, 3.63) is 12.2 Å². The van der Waals surface area contributed by atoms with Crippen molar-refractivity contribution in [2.45, 2.75) is 90.0 Å². The predicted octanol–water partition coefficient (Wildman–Crippen LogP) is 0.696. The third-order valence-corrected chi connectivity index (χ3v) is 5.38. The summed E-state index contributed by atoms with van der Waals surface area (Å²) in [4.78, 5) is 24.4. The van der Waals surface area contributed by atoms with Crippen LogP contribution < -0.4 is 0 Å². The van der Waals surface area contributed by atoms with E-state index < -0.39 is 59.9 Å². The van der Waals surface area contributed by atoms with Gasteiger partial charge >= 0.3 is 11.9 Å². The van der Waals surface area contributed by atoms with Gasteiger partial charge in [-0.25, -0.2) is 4.79 Å². The van der Waals surface area contributed by atoms with E-state index in [0.29, 0.717) is 6.42 Å². The van der Waals surface area contributed by atoms with Crippen molar-refractivity contribution in [2.24, 2.45) is 11.8 Å². The van der Waals surface area contributed by atoms with Gasteiger partial charge in [-0.1, -0.05) is 26.7 Å². The Bertz CT molecular complexity index is 558. The third-order valence-electron chi connectivity index (χ3n) is 5.38. The molecule has 0 radical (unpaired) electrons. The average molecular weight is 402 g/mol. The van der Waals surface area contributed by atoms with Gasteiger partial charge in [-0.2, -0.15) is 0 Å². The molecule has 1 aliphatic rings. The van der Waals surface area contributed by atoms with Gasteiger partial charge < -0.3 is 29.9 Å². The molecule has 0 aromatic rings. The van der Waals surface area contributed by atoms with Crippen LogP contribution in [0.25, 0.3) is 0 Å². The maximum atomic E-state index is 12.2. The Hall–Kier alpha value is -1.48. The van der Waals surface area contributed by atoms with Crippen LogP contribution in [0.15, 0.2) is 12.2 Å². The SMILES string of the molecule is CCCC[C@@H](O)/C=C/C(=O)O[C@@H]1[C@H](C)[C@H](O)[C@@](C)(O)[C@H](O)[C@H](C)C(=O)O[C@H]1C. The fraction of sp³-hybridized carbons (Fsp3) is 0.800. The smallest absolute Gasteiger partial charge is 0.330 e. The predicted molar refractivity (Wildman–Crippen MR) is 101 cm³/mol. The molecule has 0 saturated carbocycles. The molecule has 28 heavy (non-hydrogen) atoms. The second-order valence-corrected chi connectivity index (χ2v) is 7.88. The van der Waals surface area contributed by atoms with Gasteiger partial charge in [0.15, 0.2) is 0 Å². The highest BCUT2D eigenvalue weighted by atomic mass is 16.6. The first-order valence-corrected chi connectivity index (χ1v) is 9.79. The van der Waals surface area contributed by atoms with Crippen molar-refractivity contribution in [1.82, 2.24) is 0 Å². The van der Waals surface area contributed by atoms with Gasteiger partial charge in [0.1, 0.15) is 17.8 Å². The summed E-state index contributed by atoms with van der Waals surface area (Å²) in [5, 5.41) is 41.3. The molecule has 0 aromatic heterocycles. The molecule has 1 fully saturated rings. The number of carbonyl (C=O) groups excluding carboxylic acids is 2. The molecule has 8 heteroatoms. The second-order valence-electron chi connectivity index (χ2n) is 7.88. The highest BCUT2D eigenvalue weighted by Crippen LogP contribution is 2.32. The Balaban J connectivity index is 3.00. The number of aliphatic hydroxyl groups excluding tert-OH is 3. The van der Waals surface area contributed by atoms with Gasteiger partial charge in [0.05, 0.1) is 24.2 Å². The van der Waals surface area contributed by atoms with Crippen LogP contribution in [0.3, 0.4) is 0 Å². The Morgan fingerprint density at radius 1 is 1.29 bits per heavy atom. The first-order chi connectivity index (χ1) is 12.9. The van der Waals surface area contributed by atoms with Crippen LogP contribution in [0, 0.1) is 11.8 Å². The van der Waals surface area contributed by atoms with E-state index >= 15 is 0 Å². The van der Waals surface area contributed by atoms with Crippen LogP contribution in [0.4, 0.5) is 0 Å². The molecular weight excluding hydrogens is 368 g/mol. The summed E-state index contributed by atoms with van der Waals surface area (Å²) in [6, 6.07) is 0. The lowest BCUT2D eigenvalue weighted by Crippen LogP contribution is -2.57. The van der Waals surface area contributed by atoms with Crippen LogP contribution in [0.1, 0.15) is 53.9 Å². The van der Waals surface area contributed by atoms with E-state index in [2.05, 4.69) is 0 Å². The zero-order chi connectivity index (χ0) is 21.6. The molecule has 1 heterocycles. The van der Waals surface area contributed by atoms with E-state index in [1.807, 2.05) is 6.92 Å². The van der Waals surface area contributed by atoms with Gasteiger partial charge in [-0.15, -0.1) is 0 Å². The van der Waals surface area contributed by atoms with E-state index in [1.165, 1.54) is 33.8 Å². The number of rotatable bonds is 6. The van der Waals surface area contributed by atoms with Crippen LogP contribution in [0.5, 0.6) is 0 Å². The number of cyclic esters (lactones) is 1. The van der Waals surface area contributed by atoms with Crippen molar-refractivity contribution in [3.63, 3.8) is 0 Å². The van der Waals surface area contributed by atoms with E-state index in [4.69, 9.17) is 9.47 Å². The van der Waals surface area contributed by atoms with Crippen LogP contribution in [-0.2, 0) is 19.1 Å². The van der Waals surface area contributed by atoms with Crippen LogP contribution in [-0.4, -0.2) is 68.5 Å². The van der Waals surface area contributed by atoms with E-state index in [1.54, 1.807) is 0 Å². The van der Waals surface area contributed by atoms with Crippen molar-refractivity contribution < 1.29 is 39.5 Å². The second kappa shape index (κ2) is 10.3. The number of esters is 2. The minimum absolute atomic E-state index is 0.519. The molecule has 0 aromatic carbocycles. The summed E-state index contributed by atoms with van der Waals surface area (Å²) < 4.78 is 10.7. The summed E-state index contributed by atoms with van der Waals surface area (Å²) in [6.07, 6.45) is -1.13. The standard InChI is InChI=1S/C20H34O8/c1-6-7-8-14(21)9-10-15(22)28-16-11(2)17(23)20(5,26)18(24)12(3)19(25)27-13(16)4/h9-14,16-18,21,23-24,26H,6-8H2,1-5H3/b10-9+/t11-,12-,13-,14+,16+,17-,18+,20+/m0/s1. The molecule has 0 unspecified atom stereocenters. The number of aliphatic hydroxyl groups is 4. The minimum atomic E-state index is -2.02. The normalized spacial score (nSPS) is 38.2. The summed E-state index contributed by atoms with van der Waals surface area (Å²) in [7, 11) is 0. The molecule has 162 valence electrons. The monoisotopic (exact) mass is 402 g/mol. The molecule has 8 atom stereocenters. The van der Waals surface area contributed by atoms with E-state index in [9.17, 15) is 30.0 Å². The average Bonchev–Trinajstić information content (AvgIpc) is 2.66. The maximum Gasteiger partial charge on any atom is 0.330 e. The summed E-state index contributed by atoms with van der Waals surface area (Å²) in [5.41, 5.74) is -2.02. The molecule has 1 saturated heterocycles. The van der Waals surface area contributed by atoms with Crippen molar-refractivity contribution in [3.8, 4) is 0 Å². The largest absolute Gasteiger partial charge is 0.458 e. The van der Waals surface area contributed by atoms with Gasteiger partial charge in [0, 0.05) is 12.0 Å². The van der Waals surface area contributed by atoms with Gasteiger partial charge in [-0.05, 0) is 33.3 Å². The Morgan fingerprint density at radius 3 is 2.46 bits per heavy atom. The molecular formula is C20H34O8. The molecule has 1 aliphatic heterocycles. The lowest BCUT2D eigenvalue weighted by Gasteiger charge is -2.39. The Labute approximate surface area is 166 Å². The first-order valence-electron chi connectivity index (χ1n) is 9.79. The fourth-order valence-electron chi connectivity index (χ4n) is 3.38. The molecule has 0 aliphatic carbocycles. The molecule has 0 bridgehead atoms. The lowest BCUT2D eigenvalue weighted by atomic mass is 9.78. The fourth-order valence-corrected chi connectivity index (χ4v) is 3.38. The Kier molecular flexibility index (Phi) is 9.07. The molecule has 1 rings (SSSR count).